The van der Waals surface area contributed by atoms with Crippen molar-refractivity contribution < 1.29 is 87.4 Å². The van der Waals surface area contributed by atoms with Gasteiger partial charge in [-0.15, -0.1) is 0 Å². The zero-order valence-electron chi connectivity index (χ0n) is 28.3. The van der Waals surface area contributed by atoms with E-state index in [2.05, 4.69) is 9.97 Å². The summed E-state index contributed by atoms with van der Waals surface area (Å²) in [6.45, 7) is 0. The number of aromatic nitrogens is 4. The van der Waals surface area contributed by atoms with Crippen molar-refractivity contribution in [1.82, 2.24) is 19.1 Å². The maximum absolute atomic E-state index is 12.8. The molecule has 0 aliphatic rings. The lowest BCUT2D eigenvalue weighted by Gasteiger charge is -2.16. The molecule has 2 aromatic heterocycles. The van der Waals surface area contributed by atoms with Gasteiger partial charge in [0.15, 0.2) is 11.4 Å². The van der Waals surface area contributed by atoms with Crippen LogP contribution in [0.25, 0.3) is 0 Å². The fourth-order valence-electron chi connectivity index (χ4n) is 3.93. The first-order valence-corrected chi connectivity index (χ1v) is 16.2. The molecule has 0 atom stereocenters. The normalized spacial score (nSPS) is 12.9. The summed E-state index contributed by atoms with van der Waals surface area (Å²) in [6, 6.07) is 1.67. The minimum atomic E-state index is -5.15. The number of sulfone groups is 1. The smallest absolute Gasteiger partial charge is 0.399 e. The molecule has 0 aliphatic carbocycles. The first-order valence-electron chi connectivity index (χ1n) is 14.3. The van der Waals surface area contributed by atoms with E-state index < -0.39 is 114 Å². The van der Waals surface area contributed by atoms with Gasteiger partial charge in [0.05, 0.1) is 22.3 Å². The summed E-state index contributed by atoms with van der Waals surface area (Å²) in [5.74, 6) is -0.887. The third kappa shape index (κ3) is 13.3. The van der Waals surface area contributed by atoms with E-state index in [1.807, 2.05) is 5.32 Å². The number of nitrogens with one attached hydrogen (secondary N) is 1. The highest BCUT2D eigenvalue weighted by molar-refractivity contribution is 7.90. The van der Waals surface area contributed by atoms with Gasteiger partial charge in [-0.2, -0.15) is 79.0 Å². The summed E-state index contributed by atoms with van der Waals surface area (Å²) < 4.78 is 248. The maximum Gasteiger partial charge on any atom is 0.433 e. The molecule has 2 aromatic carbocycles. The molecular weight excluding hydrogens is 870 g/mol. The number of nitrogens with two attached hydrogens (primary N) is 1. The molecule has 0 radical (unpaired) electrons. The van der Waals surface area contributed by atoms with E-state index in [4.69, 9.17) is 5.73 Å². The van der Waals surface area contributed by atoms with Crippen LogP contribution in [0.5, 0.6) is 0 Å². The number of rotatable bonds is 3. The summed E-state index contributed by atoms with van der Waals surface area (Å²) in [6.07, 6.45) is -29.2. The number of nitrogen functional groups attached to an aromatic ring is 1. The van der Waals surface area contributed by atoms with Gasteiger partial charge in [-0.05, 0) is 36.4 Å². The zero-order valence-corrected chi connectivity index (χ0v) is 29.1. The van der Waals surface area contributed by atoms with Crippen molar-refractivity contribution in [2.45, 2.75) is 42.2 Å². The molecule has 3 N–H and O–H groups in total. The second kappa shape index (κ2) is 16.4. The predicted octanol–water partition coefficient (Wildman–Crippen LogP) is 8.09. The van der Waals surface area contributed by atoms with Crippen LogP contribution in [0, 0.1) is 0 Å². The number of alkyl halides is 18. The molecule has 58 heavy (non-hydrogen) atoms. The zero-order chi connectivity index (χ0) is 45.4. The number of benzene rings is 2. The van der Waals surface area contributed by atoms with Crippen molar-refractivity contribution in [3.05, 3.63) is 103 Å². The molecule has 0 fully saturated rings. The molecule has 0 aliphatic heterocycles. The summed E-state index contributed by atoms with van der Waals surface area (Å²) >= 11 is 0. The Labute approximate surface area is 310 Å². The van der Waals surface area contributed by atoms with Crippen LogP contribution in [0.2, 0.25) is 0 Å². The lowest BCUT2D eigenvalue weighted by molar-refractivity contribution is -0.144. The van der Waals surface area contributed by atoms with Gasteiger partial charge >= 0.3 is 37.1 Å². The molecule has 0 unspecified atom stereocenters. The Kier molecular flexibility index (Phi) is 13.7. The number of hydrogen-bond acceptors (Lipinski definition) is 8. The van der Waals surface area contributed by atoms with Crippen molar-refractivity contribution in [2.24, 2.45) is 14.1 Å². The lowest BCUT2D eigenvalue weighted by atomic mass is 10.1. The van der Waals surface area contributed by atoms with Gasteiger partial charge in [0.1, 0.15) is 0 Å². The van der Waals surface area contributed by atoms with Crippen LogP contribution in [0.1, 0.15) is 33.6 Å². The van der Waals surface area contributed by atoms with E-state index in [0.29, 0.717) is 27.5 Å². The van der Waals surface area contributed by atoms with Crippen LogP contribution in [0.4, 0.5) is 96.4 Å². The average Bonchev–Trinajstić information content (AvgIpc) is 3.01. The second-order valence-corrected chi connectivity index (χ2v) is 13.1. The van der Waals surface area contributed by atoms with E-state index >= 15 is 0 Å². The van der Waals surface area contributed by atoms with E-state index in [-0.39, 0.29) is 36.4 Å². The Hall–Kier alpha value is -5.51. The Bertz CT molecular complexity index is 2290. The minimum Gasteiger partial charge on any atom is -0.399 e. The van der Waals surface area contributed by atoms with E-state index in [9.17, 15) is 97.0 Å². The van der Waals surface area contributed by atoms with E-state index in [1.165, 1.54) is 0 Å². The highest BCUT2D eigenvalue weighted by Crippen LogP contribution is 2.39. The molecule has 4 aromatic rings. The van der Waals surface area contributed by atoms with Crippen LogP contribution >= 0.6 is 0 Å². The summed E-state index contributed by atoms with van der Waals surface area (Å²) in [5.41, 5.74) is -8.12. The van der Waals surface area contributed by atoms with Crippen molar-refractivity contribution >= 4 is 27.2 Å². The van der Waals surface area contributed by atoms with Gasteiger partial charge in [0.25, 0.3) is 11.1 Å². The first kappa shape index (κ1) is 48.6. The van der Waals surface area contributed by atoms with Crippen molar-refractivity contribution in [3.8, 4) is 0 Å². The Morgan fingerprint density at radius 3 is 1.17 bits per heavy atom. The fourth-order valence-corrected chi connectivity index (χ4v) is 4.78. The van der Waals surface area contributed by atoms with Crippen molar-refractivity contribution in [2.75, 3.05) is 17.3 Å². The molecule has 2 heterocycles. The topological polar surface area (TPSA) is 142 Å². The van der Waals surface area contributed by atoms with Crippen LogP contribution in [-0.2, 0) is 61.0 Å². The number of nitrogens with zero attached hydrogens (tertiary/aromatic N) is 4. The molecule has 322 valence electrons. The Morgan fingerprint density at radius 2 is 0.845 bits per heavy atom. The standard InChI is InChI=1S/C14H8F9N3O.C8H5F6N.C7H7F3N2O3S/c1-26-10(27)5-9(14(21,22)23)25-11(26)24-8-3-6(12(15,16)17)2-7(4-8)13(18,19)20;9-7(10,11)4-1-5(8(12,13)14)3-6(15)2-4;1-12-5(13)3-4(7(8,9)10)11-6(12)16(2,14)15/h2-5H,1H3,(H,24,25);1-3H,15H2;3H,1-2H3. The van der Waals surface area contributed by atoms with Gasteiger partial charge in [-0.25, -0.2) is 18.4 Å². The summed E-state index contributed by atoms with van der Waals surface area (Å²) in [4.78, 5) is 28.7. The average molecular weight is 891 g/mol. The molecule has 0 amide bonds. The van der Waals surface area contributed by atoms with Crippen LogP contribution in [-0.4, -0.2) is 33.8 Å². The van der Waals surface area contributed by atoms with E-state index in [0.717, 1.165) is 14.1 Å². The molecule has 0 saturated heterocycles. The van der Waals surface area contributed by atoms with Gasteiger partial charge in [-0.1, -0.05) is 0 Å². The monoisotopic (exact) mass is 890 g/mol. The molecular formula is C29H20F18N6O4S. The Balaban J connectivity index is 0.000000321. The Morgan fingerprint density at radius 1 is 0.517 bits per heavy atom. The highest BCUT2D eigenvalue weighted by Gasteiger charge is 2.39. The number of anilines is 3. The molecule has 4 rings (SSSR count). The molecule has 0 saturated carbocycles. The largest absolute Gasteiger partial charge is 0.433 e. The second-order valence-electron chi connectivity index (χ2n) is 11.2. The van der Waals surface area contributed by atoms with Crippen molar-refractivity contribution in [3.63, 3.8) is 0 Å². The quantitative estimate of drug-likeness (QED) is 0.120. The minimum absolute atomic E-state index is 0.0242. The van der Waals surface area contributed by atoms with Gasteiger partial charge in [0.2, 0.25) is 20.9 Å². The molecule has 0 spiro atoms. The van der Waals surface area contributed by atoms with Gasteiger partial charge in [0, 0.05) is 43.9 Å². The summed E-state index contributed by atoms with van der Waals surface area (Å²) in [5, 5.41) is 0.992. The predicted molar refractivity (Wildman–Crippen MR) is 163 cm³/mol. The highest BCUT2D eigenvalue weighted by atomic mass is 32.2. The molecule has 10 nitrogen and oxygen atoms in total. The van der Waals surface area contributed by atoms with E-state index in [1.54, 1.807) is 0 Å². The summed E-state index contributed by atoms with van der Waals surface area (Å²) in [7, 11) is -2.01. The number of hydrogen-bond donors (Lipinski definition) is 2. The van der Waals surface area contributed by atoms with Gasteiger partial charge in [-0.3, -0.25) is 18.7 Å². The SMILES string of the molecule is Cn1c(Nc2cc(C(F)(F)F)cc(C(F)(F)F)c2)nc(C(F)(F)F)cc1=O.Cn1c(S(C)(=O)=O)nc(C(F)(F)F)cc1=O.Nc1cc(C(F)(F)F)cc(C(F)(F)F)c1. The van der Waals surface area contributed by atoms with Crippen LogP contribution in [0.15, 0.2) is 63.3 Å². The first-order chi connectivity index (χ1) is 25.7. The lowest BCUT2D eigenvalue weighted by Crippen LogP contribution is -2.27. The number of halogens is 18. The molecule has 0 bridgehead atoms. The fraction of sp³-hybridized carbons (Fsp3) is 0.310. The third-order valence-electron chi connectivity index (χ3n) is 6.59. The third-order valence-corrected chi connectivity index (χ3v) is 7.62. The molecule has 29 heteroatoms. The van der Waals surface area contributed by atoms with Crippen LogP contribution < -0.4 is 22.2 Å². The van der Waals surface area contributed by atoms with Crippen molar-refractivity contribution in [1.29, 1.82) is 0 Å². The van der Waals surface area contributed by atoms with Crippen LogP contribution in [0.3, 0.4) is 0 Å². The van der Waals surface area contributed by atoms with Gasteiger partial charge < -0.3 is 11.1 Å². The maximum atomic E-state index is 12.8.